The second kappa shape index (κ2) is 11.0. The normalized spacial score (nSPS) is 19.4. The highest BCUT2D eigenvalue weighted by atomic mass is 19.1. The van der Waals surface area contributed by atoms with E-state index in [2.05, 4.69) is 37.1 Å². The van der Waals surface area contributed by atoms with Crippen LogP contribution in [0.3, 0.4) is 0 Å². The minimum Gasteiger partial charge on any atom is -0.338 e. The van der Waals surface area contributed by atoms with E-state index in [0.717, 1.165) is 51.8 Å². The van der Waals surface area contributed by atoms with Gasteiger partial charge in [-0.2, -0.15) is 0 Å². The van der Waals surface area contributed by atoms with Crippen molar-refractivity contribution in [1.29, 1.82) is 0 Å². The van der Waals surface area contributed by atoms with Crippen LogP contribution in [0.5, 0.6) is 0 Å². The predicted molar refractivity (Wildman–Crippen MR) is 158 cm³/mol. The van der Waals surface area contributed by atoms with E-state index in [0.29, 0.717) is 22.7 Å². The highest BCUT2D eigenvalue weighted by Gasteiger charge is 2.42. The Morgan fingerprint density at radius 1 is 1.05 bits per heavy atom. The predicted octanol–water partition coefficient (Wildman–Crippen LogP) is 5.75. The van der Waals surface area contributed by atoms with E-state index in [1.807, 2.05) is 30.2 Å². The van der Waals surface area contributed by atoms with Gasteiger partial charge in [0, 0.05) is 42.9 Å². The number of carbonyl (C=O) groups is 1. The Balaban J connectivity index is 1.19. The van der Waals surface area contributed by atoms with Crippen LogP contribution in [0.4, 0.5) is 20.5 Å². The Hall–Kier alpha value is -3.99. The molecule has 5 heterocycles. The Kier molecular flexibility index (Phi) is 7.38. The quantitative estimate of drug-likeness (QED) is 0.314. The van der Waals surface area contributed by atoms with Crippen LogP contribution in [-0.2, 0) is 0 Å². The van der Waals surface area contributed by atoms with Gasteiger partial charge in [-0.15, -0.1) is 0 Å². The molecule has 1 N–H and O–H groups in total. The van der Waals surface area contributed by atoms with Gasteiger partial charge in [-0.3, -0.25) is 4.79 Å². The molecule has 4 aromatic rings. The summed E-state index contributed by atoms with van der Waals surface area (Å²) in [5.74, 6) is -0.0584. The number of amides is 1. The zero-order valence-corrected chi connectivity index (χ0v) is 24.5. The maximum absolute atomic E-state index is 15.0. The van der Waals surface area contributed by atoms with Crippen molar-refractivity contribution in [2.45, 2.75) is 53.0 Å². The smallest absolute Gasteiger partial charge is 0.255 e. The largest absolute Gasteiger partial charge is 0.338 e. The number of aromatic nitrogens is 5. The van der Waals surface area contributed by atoms with Gasteiger partial charge in [-0.25, -0.2) is 28.7 Å². The van der Waals surface area contributed by atoms with Crippen molar-refractivity contribution in [1.82, 2.24) is 34.3 Å². The third-order valence-electron chi connectivity index (χ3n) is 8.62. The summed E-state index contributed by atoms with van der Waals surface area (Å²) in [7, 11) is 0. The molecule has 2 fully saturated rings. The molecule has 9 nitrogen and oxygen atoms in total. The van der Waals surface area contributed by atoms with Crippen molar-refractivity contribution in [3.63, 3.8) is 0 Å². The molecular weight excluding hydrogens is 538 g/mol. The molecule has 2 aliphatic rings. The molecule has 0 aliphatic carbocycles. The van der Waals surface area contributed by atoms with Crippen molar-refractivity contribution in [3.8, 4) is 11.3 Å². The van der Waals surface area contributed by atoms with Gasteiger partial charge in [0.15, 0.2) is 11.6 Å². The number of rotatable bonds is 6. The second-order valence-electron chi connectivity index (χ2n) is 11.8. The number of halogens is 2. The summed E-state index contributed by atoms with van der Waals surface area (Å²) >= 11 is 0. The lowest BCUT2D eigenvalue weighted by Crippen LogP contribution is -2.45. The molecule has 1 spiro atoms. The number of anilines is 2. The van der Waals surface area contributed by atoms with Crippen molar-refractivity contribution >= 4 is 28.7 Å². The van der Waals surface area contributed by atoms with E-state index in [4.69, 9.17) is 0 Å². The van der Waals surface area contributed by atoms with Crippen LogP contribution in [0.1, 0.15) is 62.3 Å². The van der Waals surface area contributed by atoms with Gasteiger partial charge in [0.1, 0.15) is 22.9 Å². The van der Waals surface area contributed by atoms with Gasteiger partial charge < -0.3 is 19.7 Å². The minimum atomic E-state index is -0.677. The molecule has 1 aromatic carbocycles. The first-order valence-corrected chi connectivity index (χ1v) is 14.6. The molecule has 1 amide bonds. The van der Waals surface area contributed by atoms with Gasteiger partial charge in [-0.05, 0) is 77.4 Å². The molecule has 3 aromatic heterocycles. The second-order valence-corrected chi connectivity index (χ2v) is 11.8. The number of hydrogen-bond donors (Lipinski definition) is 1. The van der Waals surface area contributed by atoms with E-state index < -0.39 is 11.6 Å². The number of piperidine rings is 1. The first kappa shape index (κ1) is 28.1. The van der Waals surface area contributed by atoms with Crippen LogP contribution >= 0.6 is 0 Å². The highest BCUT2D eigenvalue weighted by molar-refractivity contribution is 5.94. The maximum atomic E-state index is 15.0. The average molecular weight is 575 g/mol. The summed E-state index contributed by atoms with van der Waals surface area (Å²) in [5, 5.41) is 2.98. The Bertz CT molecular complexity index is 1640. The summed E-state index contributed by atoms with van der Waals surface area (Å²) in [6, 6.07) is 6.39. The highest BCUT2D eigenvalue weighted by Crippen LogP contribution is 2.39. The van der Waals surface area contributed by atoms with E-state index >= 15 is 4.39 Å². The van der Waals surface area contributed by atoms with Crippen molar-refractivity contribution < 1.29 is 13.6 Å². The van der Waals surface area contributed by atoms with Gasteiger partial charge >= 0.3 is 0 Å². The molecule has 1 atom stereocenters. The van der Waals surface area contributed by atoms with Gasteiger partial charge in [0.25, 0.3) is 5.91 Å². The molecule has 2 saturated heterocycles. The molecule has 0 saturated carbocycles. The summed E-state index contributed by atoms with van der Waals surface area (Å²) in [4.78, 5) is 34.8. The number of nitrogens with one attached hydrogen (secondary N) is 1. The third-order valence-corrected chi connectivity index (χ3v) is 8.62. The first-order chi connectivity index (χ1) is 20.2. The fourth-order valence-corrected chi connectivity index (χ4v) is 6.60. The van der Waals surface area contributed by atoms with Crippen LogP contribution < -0.4 is 5.32 Å². The standard InChI is InChI=1S/C31H36F2N8O/c1-5-39-11-6-9-31(17-39)10-12-40(18-31)29(42)21-7-8-26(34-15-21)37-30-35-16-24(33)27(38-30)22-13-23(32)28-25(14-22)41(19(2)3)20(4)36-28/h7-8,13-16,19H,5-6,9-12,17-18H2,1-4H3,(H,34,35,37,38). The van der Waals surface area contributed by atoms with Crippen molar-refractivity contribution in [2.75, 3.05) is 38.0 Å². The molecule has 0 radical (unpaired) electrons. The SMILES string of the molecule is CCN1CCCC2(CCN(C(=O)c3ccc(Nc4ncc(F)c(-c5cc(F)c6nc(C)n(C(C)C)c6c5)n4)nc3)C2)C1. The number of aryl methyl sites for hydroxylation is 1. The number of pyridine rings is 1. The van der Waals surface area contributed by atoms with Crippen molar-refractivity contribution in [3.05, 3.63) is 59.7 Å². The summed E-state index contributed by atoms with van der Waals surface area (Å²) in [6.45, 7) is 12.7. The molecule has 42 heavy (non-hydrogen) atoms. The maximum Gasteiger partial charge on any atom is 0.255 e. The minimum absolute atomic E-state index is 0.0202. The van der Waals surface area contributed by atoms with Gasteiger partial charge in [0.05, 0.1) is 17.3 Å². The lowest BCUT2D eigenvalue weighted by Gasteiger charge is -2.40. The van der Waals surface area contributed by atoms with Gasteiger partial charge in [0.2, 0.25) is 5.95 Å². The number of fused-ring (bicyclic) bond motifs is 1. The van der Waals surface area contributed by atoms with Crippen LogP contribution in [0.25, 0.3) is 22.3 Å². The number of imidazole rings is 1. The summed E-state index contributed by atoms with van der Waals surface area (Å²) in [6.07, 6.45) is 5.96. The molecule has 220 valence electrons. The number of nitrogens with zero attached hydrogens (tertiary/aromatic N) is 7. The summed E-state index contributed by atoms with van der Waals surface area (Å²) in [5.41, 5.74) is 1.76. The fraction of sp³-hybridized carbons (Fsp3) is 0.452. The number of likely N-dealkylation sites (tertiary alicyclic amines) is 2. The molecule has 11 heteroatoms. The van der Waals surface area contributed by atoms with Crippen LogP contribution in [0.15, 0.2) is 36.7 Å². The number of benzene rings is 1. The van der Waals surface area contributed by atoms with E-state index in [1.54, 1.807) is 18.2 Å². The molecular formula is C31H36F2N8O. The zero-order chi connectivity index (χ0) is 29.6. The molecule has 1 unspecified atom stereocenters. The topological polar surface area (TPSA) is 92.1 Å². The summed E-state index contributed by atoms with van der Waals surface area (Å²) < 4.78 is 31.8. The molecule has 6 rings (SSSR count). The molecule has 0 bridgehead atoms. The van der Waals surface area contributed by atoms with Gasteiger partial charge in [-0.1, -0.05) is 6.92 Å². The lowest BCUT2D eigenvalue weighted by molar-refractivity contribution is 0.0699. The lowest BCUT2D eigenvalue weighted by atomic mass is 9.79. The Morgan fingerprint density at radius 3 is 2.62 bits per heavy atom. The monoisotopic (exact) mass is 574 g/mol. The van der Waals surface area contributed by atoms with E-state index in [-0.39, 0.29) is 40.1 Å². The van der Waals surface area contributed by atoms with E-state index in [9.17, 15) is 9.18 Å². The average Bonchev–Trinajstić information content (AvgIpc) is 3.54. The number of carbonyl (C=O) groups excluding carboxylic acids is 1. The number of hydrogen-bond acceptors (Lipinski definition) is 7. The Morgan fingerprint density at radius 2 is 1.88 bits per heavy atom. The van der Waals surface area contributed by atoms with Crippen LogP contribution in [-0.4, -0.2) is 72.9 Å². The zero-order valence-electron chi connectivity index (χ0n) is 24.5. The third kappa shape index (κ3) is 5.21. The van der Waals surface area contributed by atoms with E-state index in [1.165, 1.54) is 18.7 Å². The first-order valence-electron chi connectivity index (χ1n) is 14.6. The fourth-order valence-electron chi connectivity index (χ4n) is 6.60. The van der Waals surface area contributed by atoms with Crippen LogP contribution in [0.2, 0.25) is 0 Å². The van der Waals surface area contributed by atoms with Crippen molar-refractivity contribution in [2.24, 2.45) is 5.41 Å². The Labute approximate surface area is 244 Å². The van der Waals surface area contributed by atoms with Crippen LogP contribution in [0, 0.1) is 24.0 Å². The molecule has 2 aliphatic heterocycles.